The highest BCUT2D eigenvalue weighted by atomic mass is 16.5. The number of nitrogens with zero attached hydrogens (tertiary/aromatic N) is 3. The summed E-state index contributed by atoms with van der Waals surface area (Å²) in [6, 6.07) is 11.1. The summed E-state index contributed by atoms with van der Waals surface area (Å²) in [5, 5.41) is 3.21. The van der Waals surface area contributed by atoms with Crippen LogP contribution in [0.4, 0.5) is 5.82 Å². The number of hydrogen-bond acceptors (Lipinski definition) is 6. The van der Waals surface area contributed by atoms with E-state index in [-0.39, 0.29) is 11.9 Å². The number of anilines is 1. The number of methoxy groups -OCH3 is 2. The third-order valence-corrected chi connectivity index (χ3v) is 4.98. The Kier molecular flexibility index (Phi) is 6.36. The van der Waals surface area contributed by atoms with Crippen molar-refractivity contribution in [2.75, 3.05) is 52.8 Å². The Morgan fingerprint density at radius 3 is 2.68 bits per heavy atom. The Bertz CT molecular complexity index is 797. The van der Waals surface area contributed by atoms with E-state index in [1.54, 1.807) is 38.6 Å². The van der Waals surface area contributed by atoms with Gasteiger partial charge in [0.05, 0.1) is 25.8 Å². The van der Waals surface area contributed by atoms with Crippen molar-refractivity contribution in [1.82, 2.24) is 15.2 Å². The number of carbonyl (C=O) groups excluding carboxylic acids is 1. The number of aromatic nitrogens is 1. The zero-order valence-corrected chi connectivity index (χ0v) is 16.9. The number of hydrogen-bond donors (Lipinski definition) is 1. The Balaban J connectivity index is 1.77. The van der Waals surface area contributed by atoms with Gasteiger partial charge in [0.15, 0.2) is 0 Å². The van der Waals surface area contributed by atoms with E-state index >= 15 is 0 Å². The molecule has 0 aliphatic carbocycles. The van der Waals surface area contributed by atoms with Crippen LogP contribution in [-0.4, -0.2) is 69.8 Å². The summed E-state index contributed by atoms with van der Waals surface area (Å²) in [7, 11) is 7.24. The number of rotatable bonds is 7. The molecule has 0 bridgehead atoms. The highest BCUT2D eigenvalue weighted by Gasteiger charge is 2.35. The smallest absolute Gasteiger partial charge is 0.255 e. The molecule has 28 heavy (non-hydrogen) atoms. The van der Waals surface area contributed by atoms with Crippen molar-refractivity contribution in [2.24, 2.45) is 5.92 Å². The molecule has 7 heteroatoms. The molecule has 1 N–H and O–H groups in total. The van der Waals surface area contributed by atoms with Crippen LogP contribution >= 0.6 is 0 Å². The zero-order chi connectivity index (χ0) is 20.1. The lowest BCUT2D eigenvalue weighted by Crippen LogP contribution is -2.43. The second-order valence-electron chi connectivity index (χ2n) is 7.26. The van der Waals surface area contributed by atoms with E-state index in [0.717, 1.165) is 25.5 Å². The predicted molar refractivity (Wildman–Crippen MR) is 109 cm³/mol. The molecule has 2 heterocycles. The van der Waals surface area contributed by atoms with Gasteiger partial charge in [-0.15, -0.1) is 0 Å². The molecule has 150 valence electrons. The molecule has 1 aromatic heterocycles. The van der Waals surface area contributed by atoms with Crippen LogP contribution in [0, 0.1) is 5.92 Å². The van der Waals surface area contributed by atoms with Crippen LogP contribution < -0.4 is 19.7 Å². The van der Waals surface area contributed by atoms with Crippen LogP contribution in [0.2, 0.25) is 0 Å². The summed E-state index contributed by atoms with van der Waals surface area (Å²) in [6.07, 6.45) is 1.80. The number of amides is 1. The fourth-order valence-corrected chi connectivity index (χ4v) is 3.65. The molecule has 2 atom stereocenters. The normalized spacial score (nSPS) is 19.0. The van der Waals surface area contributed by atoms with E-state index in [1.807, 2.05) is 18.2 Å². The fraction of sp³-hybridized carbons (Fsp3) is 0.429. The van der Waals surface area contributed by atoms with Crippen molar-refractivity contribution < 1.29 is 14.3 Å². The standard InChI is InChI=1S/C21H28N4O3/c1-24(2)12-15-13-25(20-7-5-6-10-22-20)14-18(15)23-21(26)17-9-8-16(27-3)11-19(17)28-4/h5-11,15,18H,12-14H2,1-4H3,(H,23,26)/t15-,18-/m1/s1. The molecular weight excluding hydrogens is 356 g/mol. The number of ether oxygens (including phenoxy) is 2. The number of benzene rings is 1. The van der Waals surface area contributed by atoms with Crippen LogP contribution in [0.25, 0.3) is 0 Å². The molecule has 0 saturated carbocycles. The van der Waals surface area contributed by atoms with Gasteiger partial charge in [0.2, 0.25) is 0 Å². The van der Waals surface area contributed by atoms with Gasteiger partial charge in [-0.3, -0.25) is 4.79 Å². The molecule has 0 radical (unpaired) electrons. The SMILES string of the molecule is COc1ccc(C(=O)N[C@@H]2CN(c3ccccn3)C[C@H]2CN(C)C)c(OC)c1. The third-order valence-electron chi connectivity index (χ3n) is 4.98. The maximum absolute atomic E-state index is 13.0. The number of pyridine rings is 1. The monoisotopic (exact) mass is 384 g/mol. The van der Waals surface area contributed by atoms with Crippen LogP contribution in [-0.2, 0) is 0 Å². The minimum Gasteiger partial charge on any atom is -0.497 e. The van der Waals surface area contributed by atoms with Gasteiger partial charge in [-0.25, -0.2) is 4.98 Å². The summed E-state index contributed by atoms with van der Waals surface area (Å²) in [4.78, 5) is 21.8. The Labute approximate surface area is 166 Å². The van der Waals surface area contributed by atoms with Crippen LogP contribution in [0.3, 0.4) is 0 Å². The van der Waals surface area contributed by atoms with Gasteiger partial charge < -0.3 is 24.6 Å². The first kappa shape index (κ1) is 19.9. The van der Waals surface area contributed by atoms with Gasteiger partial charge in [-0.1, -0.05) is 6.07 Å². The first-order chi connectivity index (χ1) is 13.5. The minimum absolute atomic E-state index is 0.0173. The van der Waals surface area contributed by atoms with Crippen LogP contribution in [0.5, 0.6) is 11.5 Å². The van der Waals surface area contributed by atoms with Crippen molar-refractivity contribution in [3.05, 3.63) is 48.2 Å². The van der Waals surface area contributed by atoms with Gasteiger partial charge in [0.1, 0.15) is 17.3 Å². The molecule has 1 amide bonds. The van der Waals surface area contributed by atoms with Gasteiger partial charge in [0.25, 0.3) is 5.91 Å². The summed E-state index contributed by atoms with van der Waals surface area (Å²) in [5.41, 5.74) is 0.503. The fourth-order valence-electron chi connectivity index (χ4n) is 3.65. The Morgan fingerprint density at radius 2 is 2.04 bits per heavy atom. The molecule has 1 aliphatic rings. The average Bonchev–Trinajstić information content (AvgIpc) is 3.09. The second kappa shape index (κ2) is 8.93. The summed E-state index contributed by atoms with van der Waals surface area (Å²) >= 11 is 0. The predicted octanol–water partition coefficient (Wildman–Crippen LogP) is 1.90. The first-order valence-corrected chi connectivity index (χ1v) is 9.35. The Hall–Kier alpha value is -2.80. The van der Waals surface area contributed by atoms with Crippen molar-refractivity contribution in [3.8, 4) is 11.5 Å². The van der Waals surface area contributed by atoms with E-state index in [1.165, 1.54) is 0 Å². The van der Waals surface area contributed by atoms with Gasteiger partial charge in [0, 0.05) is 37.8 Å². The maximum atomic E-state index is 13.0. The first-order valence-electron chi connectivity index (χ1n) is 9.35. The van der Waals surface area contributed by atoms with Gasteiger partial charge >= 0.3 is 0 Å². The molecule has 0 spiro atoms. The van der Waals surface area contributed by atoms with E-state index < -0.39 is 0 Å². The van der Waals surface area contributed by atoms with E-state index in [0.29, 0.717) is 23.0 Å². The van der Waals surface area contributed by atoms with Crippen LogP contribution in [0.1, 0.15) is 10.4 Å². The summed E-state index contributed by atoms with van der Waals surface area (Å²) < 4.78 is 10.6. The molecule has 1 aliphatic heterocycles. The molecule has 3 rings (SSSR count). The molecule has 1 saturated heterocycles. The van der Waals surface area contributed by atoms with Gasteiger partial charge in [-0.2, -0.15) is 0 Å². The van der Waals surface area contributed by atoms with Crippen molar-refractivity contribution >= 4 is 11.7 Å². The van der Waals surface area contributed by atoms with E-state index in [2.05, 4.69) is 34.2 Å². The zero-order valence-electron chi connectivity index (χ0n) is 16.9. The van der Waals surface area contributed by atoms with Crippen molar-refractivity contribution in [1.29, 1.82) is 0 Å². The summed E-state index contributed by atoms with van der Waals surface area (Å²) in [6.45, 7) is 2.45. The Morgan fingerprint density at radius 1 is 1.21 bits per heavy atom. The van der Waals surface area contributed by atoms with Crippen LogP contribution in [0.15, 0.2) is 42.6 Å². The lowest BCUT2D eigenvalue weighted by molar-refractivity contribution is 0.0925. The lowest BCUT2D eigenvalue weighted by atomic mass is 10.0. The summed E-state index contributed by atoms with van der Waals surface area (Å²) in [5.74, 6) is 2.24. The topological polar surface area (TPSA) is 66.9 Å². The van der Waals surface area contributed by atoms with Crippen molar-refractivity contribution in [3.63, 3.8) is 0 Å². The highest BCUT2D eigenvalue weighted by molar-refractivity contribution is 5.97. The molecule has 2 aromatic rings. The lowest BCUT2D eigenvalue weighted by Gasteiger charge is -2.23. The number of carbonyl (C=O) groups is 1. The highest BCUT2D eigenvalue weighted by Crippen LogP contribution is 2.27. The second-order valence-corrected chi connectivity index (χ2v) is 7.26. The molecule has 1 fully saturated rings. The molecule has 7 nitrogen and oxygen atoms in total. The number of nitrogens with one attached hydrogen (secondary N) is 1. The minimum atomic E-state index is -0.142. The van der Waals surface area contributed by atoms with Crippen molar-refractivity contribution in [2.45, 2.75) is 6.04 Å². The largest absolute Gasteiger partial charge is 0.497 e. The maximum Gasteiger partial charge on any atom is 0.255 e. The molecule has 1 aromatic carbocycles. The van der Waals surface area contributed by atoms with E-state index in [4.69, 9.17) is 9.47 Å². The molecular formula is C21H28N4O3. The average molecular weight is 384 g/mol. The third kappa shape index (κ3) is 4.54. The molecule has 0 unspecified atom stereocenters. The van der Waals surface area contributed by atoms with Gasteiger partial charge in [-0.05, 0) is 38.4 Å². The van der Waals surface area contributed by atoms with E-state index in [9.17, 15) is 4.79 Å². The quantitative estimate of drug-likeness (QED) is 0.787.